The van der Waals surface area contributed by atoms with Crippen LogP contribution in [-0.4, -0.2) is 39.3 Å². The van der Waals surface area contributed by atoms with Crippen molar-refractivity contribution in [1.29, 1.82) is 0 Å². The van der Waals surface area contributed by atoms with Crippen LogP contribution >= 0.6 is 11.3 Å². The van der Waals surface area contributed by atoms with Crippen molar-refractivity contribution in [3.8, 4) is 0 Å². The molecule has 1 fully saturated rings. The summed E-state index contributed by atoms with van der Waals surface area (Å²) in [5.74, 6) is -0.422. The van der Waals surface area contributed by atoms with Gasteiger partial charge in [-0.15, -0.1) is 11.3 Å². The first-order valence-corrected chi connectivity index (χ1v) is 9.14. The molecule has 0 aromatic carbocycles. The Labute approximate surface area is 128 Å². The Morgan fingerprint density at radius 2 is 2.10 bits per heavy atom. The molecule has 21 heavy (non-hydrogen) atoms. The van der Waals surface area contributed by atoms with Crippen LogP contribution in [0.2, 0.25) is 0 Å². The van der Waals surface area contributed by atoms with Gasteiger partial charge in [0.1, 0.15) is 9.77 Å². The van der Waals surface area contributed by atoms with Crippen molar-refractivity contribution in [3.05, 3.63) is 16.3 Å². The minimum Gasteiger partial charge on any atom is -0.465 e. The van der Waals surface area contributed by atoms with Gasteiger partial charge in [0.25, 0.3) is 0 Å². The second-order valence-electron chi connectivity index (χ2n) is 5.13. The van der Waals surface area contributed by atoms with Crippen molar-refractivity contribution in [1.82, 2.24) is 4.72 Å². The van der Waals surface area contributed by atoms with Crippen molar-refractivity contribution in [2.45, 2.75) is 36.7 Å². The predicted molar refractivity (Wildman–Crippen MR) is 78.8 cm³/mol. The summed E-state index contributed by atoms with van der Waals surface area (Å²) < 4.78 is 31.7. The number of thiophene rings is 1. The zero-order chi connectivity index (χ0) is 15.5. The van der Waals surface area contributed by atoms with Gasteiger partial charge in [0.2, 0.25) is 10.0 Å². The molecule has 0 radical (unpaired) electrons. The van der Waals surface area contributed by atoms with Crippen LogP contribution < -0.4 is 4.72 Å². The van der Waals surface area contributed by atoms with Gasteiger partial charge in [0.15, 0.2) is 0 Å². The molecule has 0 aliphatic heterocycles. The lowest BCUT2D eigenvalue weighted by Gasteiger charge is -2.25. The van der Waals surface area contributed by atoms with Crippen molar-refractivity contribution in [2.24, 2.45) is 5.92 Å². The molecule has 1 aliphatic carbocycles. The first-order chi connectivity index (χ1) is 9.94. The van der Waals surface area contributed by atoms with Crippen LogP contribution in [0.1, 0.15) is 35.4 Å². The van der Waals surface area contributed by atoms with E-state index in [0.717, 1.165) is 24.2 Å². The molecule has 0 unspecified atom stereocenters. The first-order valence-electron chi connectivity index (χ1n) is 6.77. The second kappa shape index (κ2) is 6.87. The Hall–Kier alpha value is -0.960. The molecular formula is C13H19NO5S2. The minimum absolute atomic E-state index is 0.0322. The standard InChI is InChI=1S/C13H19NO5S2/c1-19-13(16)12-11(6-7-20-12)21(17,18)14-8-9-2-4-10(15)5-3-9/h6-7,9-10,14-15H,2-5,8H2,1H3. The van der Waals surface area contributed by atoms with Gasteiger partial charge >= 0.3 is 5.97 Å². The predicted octanol–water partition coefficient (Wildman–Crippen LogP) is 1.36. The highest BCUT2D eigenvalue weighted by molar-refractivity contribution is 7.89. The Balaban J connectivity index is 2.02. The van der Waals surface area contributed by atoms with E-state index in [1.165, 1.54) is 13.2 Å². The molecule has 1 heterocycles. The van der Waals surface area contributed by atoms with Crippen molar-refractivity contribution < 1.29 is 23.1 Å². The molecule has 0 amide bonds. The summed E-state index contributed by atoms with van der Waals surface area (Å²) in [4.78, 5) is 11.6. The fourth-order valence-corrected chi connectivity index (χ4v) is 4.85. The summed E-state index contributed by atoms with van der Waals surface area (Å²) >= 11 is 1.04. The Morgan fingerprint density at radius 1 is 1.43 bits per heavy atom. The fraction of sp³-hybridized carbons (Fsp3) is 0.615. The monoisotopic (exact) mass is 333 g/mol. The third-order valence-electron chi connectivity index (χ3n) is 3.67. The highest BCUT2D eigenvalue weighted by Crippen LogP contribution is 2.25. The number of carbonyl (C=O) groups is 1. The van der Waals surface area contributed by atoms with Gasteiger partial charge in [-0.1, -0.05) is 0 Å². The van der Waals surface area contributed by atoms with Gasteiger partial charge in [-0.05, 0) is 43.0 Å². The molecule has 0 saturated heterocycles. The number of carbonyl (C=O) groups excluding carboxylic acids is 1. The molecule has 2 rings (SSSR count). The number of ether oxygens (including phenoxy) is 1. The van der Waals surface area contributed by atoms with E-state index < -0.39 is 16.0 Å². The van der Waals surface area contributed by atoms with Crippen LogP contribution in [0.15, 0.2) is 16.3 Å². The Kier molecular flexibility index (Phi) is 5.37. The van der Waals surface area contributed by atoms with E-state index in [1.807, 2.05) is 0 Å². The maximum absolute atomic E-state index is 12.3. The van der Waals surface area contributed by atoms with Gasteiger partial charge in [-0.3, -0.25) is 0 Å². The van der Waals surface area contributed by atoms with E-state index in [0.29, 0.717) is 19.4 Å². The Bertz CT molecular complexity index is 587. The van der Waals surface area contributed by atoms with Crippen LogP contribution in [0.25, 0.3) is 0 Å². The average Bonchev–Trinajstić information content (AvgIpc) is 2.96. The zero-order valence-electron chi connectivity index (χ0n) is 11.7. The molecule has 1 saturated carbocycles. The topological polar surface area (TPSA) is 92.7 Å². The number of hydrogen-bond donors (Lipinski definition) is 2. The van der Waals surface area contributed by atoms with E-state index in [9.17, 15) is 18.3 Å². The molecule has 6 nitrogen and oxygen atoms in total. The lowest BCUT2D eigenvalue weighted by atomic mass is 9.88. The van der Waals surface area contributed by atoms with Gasteiger partial charge in [-0.2, -0.15) is 0 Å². The molecular weight excluding hydrogens is 314 g/mol. The highest BCUT2D eigenvalue weighted by atomic mass is 32.2. The molecule has 1 aromatic rings. The lowest BCUT2D eigenvalue weighted by Crippen LogP contribution is -2.32. The molecule has 2 N–H and O–H groups in total. The van der Waals surface area contributed by atoms with E-state index in [1.54, 1.807) is 5.38 Å². The lowest BCUT2D eigenvalue weighted by molar-refractivity contribution is 0.0602. The van der Waals surface area contributed by atoms with Crippen LogP contribution in [-0.2, 0) is 14.8 Å². The van der Waals surface area contributed by atoms with Crippen molar-refractivity contribution in [2.75, 3.05) is 13.7 Å². The van der Waals surface area contributed by atoms with E-state index in [-0.39, 0.29) is 21.8 Å². The summed E-state index contributed by atoms with van der Waals surface area (Å²) in [6.07, 6.45) is 2.76. The maximum Gasteiger partial charge on any atom is 0.349 e. The number of sulfonamides is 1. The summed E-state index contributed by atoms with van der Waals surface area (Å²) in [6.45, 7) is 0.325. The van der Waals surface area contributed by atoms with Gasteiger partial charge in [-0.25, -0.2) is 17.9 Å². The number of nitrogens with one attached hydrogen (secondary N) is 1. The van der Waals surface area contributed by atoms with Crippen LogP contribution in [0.4, 0.5) is 0 Å². The molecule has 1 aliphatic rings. The molecule has 0 bridgehead atoms. The van der Waals surface area contributed by atoms with E-state index in [4.69, 9.17) is 0 Å². The Morgan fingerprint density at radius 3 is 2.71 bits per heavy atom. The number of rotatable bonds is 5. The number of esters is 1. The average molecular weight is 333 g/mol. The largest absolute Gasteiger partial charge is 0.465 e. The fourth-order valence-electron chi connectivity index (χ4n) is 2.40. The van der Waals surface area contributed by atoms with Crippen molar-refractivity contribution in [3.63, 3.8) is 0 Å². The number of aliphatic hydroxyl groups is 1. The third kappa shape index (κ3) is 4.03. The quantitative estimate of drug-likeness (QED) is 0.794. The number of hydrogen-bond acceptors (Lipinski definition) is 6. The van der Waals surface area contributed by atoms with Gasteiger partial charge in [0.05, 0.1) is 13.2 Å². The molecule has 8 heteroatoms. The minimum atomic E-state index is -3.72. The van der Waals surface area contributed by atoms with E-state index >= 15 is 0 Å². The van der Waals surface area contributed by atoms with Crippen LogP contribution in [0.5, 0.6) is 0 Å². The second-order valence-corrected chi connectivity index (χ2v) is 7.78. The summed E-state index contributed by atoms with van der Waals surface area (Å²) in [5, 5.41) is 11.0. The molecule has 0 atom stereocenters. The zero-order valence-corrected chi connectivity index (χ0v) is 13.4. The first kappa shape index (κ1) is 16.4. The SMILES string of the molecule is COC(=O)c1sccc1S(=O)(=O)NCC1CCC(O)CC1. The highest BCUT2D eigenvalue weighted by Gasteiger charge is 2.26. The van der Waals surface area contributed by atoms with Crippen LogP contribution in [0, 0.1) is 5.92 Å². The van der Waals surface area contributed by atoms with E-state index in [2.05, 4.69) is 9.46 Å². The smallest absolute Gasteiger partial charge is 0.349 e. The van der Waals surface area contributed by atoms with Gasteiger partial charge < -0.3 is 9.84 Å². The summed E-state index contributed by atoms with van der Waals surface area (Å²) in [5.41, 5.74) is 0. The third-order valence-corrected chi connectivity index (χ3v) is 6.16. The summed E-state index contributed by atoms with van der Waals surface area (Å²) in [7, 11) is -2.50. The normalized spacial score (nSPS) is 23.0. The maximum atomic E-state index is 12.3. The molecule has 0 spiro atoms. The van der Waals surface area contributed by atoms with Crippen LogP contribution in [0.3, 0.4) is 0 Å². The molecule has 1 aromatic heterocycles. The number of aliphatic hydroxyl groups excluding tert-OH is 1. The number of methoxy groups -OCH3 is 1. The van der Waals surface area contributed by atoms with Crippen molar-refractivity contribution >= 4 is 27.3 Å². The summed E-state index contributed by atoms with van der Waals surface area (Å²) in [6, 6.07) is 1.41. The molecule has 118 valence electrons. The van der Waals surface area contributed by atoms with Gasteiger partial charge in [0, 0.05) is 6.54 Å².